The van der Waals surface area contributed by atoms with Crippen molar-refractivity contribution in [2.24, 2.45) is 0 Å². The summed E-state index contributed by atoms with van der Waals surface area (Å²) in [6, 6.07) is 7.55. The molecule has 0 atom stereocenters. The number of para-hydroxylation sites is 1. The molecule has 0 unspecified atom stereocenters. The maximum Gasteiger partial charge on any atom is 0.138 e. The van der Waals surface area contributed by atoms with E-state index in [1.807, 2.05) is 24.3 Å². The van der Waals surface area contributed by atoms with E-state index in [0.29, 0.717) is 11.1 Å². The van der Waals surface area contributed by atoms with Crippen molar-refractivity contribution in [2.75, 3.05) is 13.1 Å². The molecular formula is C9H11Cl2NO. The van der Waals surface area contributed by atoms with Crippen molar-refractivity contribution in [3.05, 3.63) is 29.3 Å². The molecule has 1 aromatic rings. The SMILES string of the molecule is Cl.Clc1ccccc1OC1CNC1. The zero-order valence-corrected chi connectivity index (χ0v) is 8.57. The Morgan fingerprint density at radius 3 is 2.54 bits per heavy atom. The van der Waals surface area contributed by atoms with Crippen LogP contribution in [0.25, 0.3) is 0 Å². The van der Waals surface area contributed by atoms with Gasteiger partial charge in [-0.15, -0.1) is 12.4 Å². The molecule has 0 bridgehead atoms. The molecule has 1 N–H and O–H groups in total. The Morgan fingerprint density at radius 2 is 2.00 bits per heavy atom. The first-order valence-corrected chi connectivity index (χ1v) is 4.36. The van der Waals surface area contributed by atoms with E-state index in [9.17, 15) is 0 Å². The van der Waals surface area contributed by atoms with Crippen LogP contribution in [-0.4, -0.2) is 19.2 Å². The molecule has 1 aliphatic rings. The number of hydrogen-bond donors (Lipinski definition) is 1. The van der Waals surface area contributed by atoms with E-state index < -0.39 is 0 Å². The summed E-state index contributed by atoms with van der Waals surface area (Å²) in [5.74, 6) is 0.783. The molecule has 2 nitrogen and oxygen atoms in total. The van der Waals surface area contributed by atoms with Crippen molar-refractivity contribution in [3.8, 4) is 5.75 Å². The second-order valence-corrected chi connectivity index (χ2v) is 3.24. The smallest absolute Gasteiger partial charge is 0.138 e. The molecule has 0 saturated carbocycles. The summed E-state index contributed by atoms with van der Waals surface area (Å²) in [4.78, 5) is 0. The van der Waals surface area contributed by atoms with Crippen LogP contribution in [0, 0.1) is 0 Å². The minimum Gasteiger partial charge on any atom is -0.486 e. The number of nitrogens with one attached hydrogen (secondary N) is 1. The second-order valence-electron chi connectivity index (χ2n) is 2.83. The highest BCUT2D eigenvalue weighted by Gasteiger charge is 2.18. The minimum atomic E-state index is 0. The summed E-state index contributed by atoms with van der Waals surface area (Å²) in [7, 11) is 0. The maximum absolute atomic E-state index is 5.90. The average molecular weight is 220 g/mol. The lowest BCUT2D eigenvalue weighted by Crippen LogP contribution is -2.50. The lowest BCUT2D eigenvalue weighted by atomic mass is 10.2. The average Bonchev–Trinajstić information content (AvgIpc) is 2.00. The first-order chi connectivity index (χ1) is 5.86. The van der Waals surface area contributed by atoms with Crippen LogP contribution in [0.5, 0.6) is 5.75 Å². The fraction of sp³-hybridized carbons (Fsp3) is 0.333. The first kappa shape index (κ1) is 10.6. The van der Waals surface area contributed by atoms with Gasteiger partial charge < -0.3 is 10.1 Å². The van der Waals surface area contributed by atoms with Gasteiger partial charge in [0.2, 0.25) is 0 Å². The van der Waals surface area contributed by atoms with Crippen LogP contribution < -0.4 is 10.1 Å². The van der Waals surface area contributed by atoms with Gasteiger partial charge in [0.25, 0.3) is 0 Å². The second kappa shape index (κ2) is 4.70. The molecule has 1 aliphatic heterocycles. The van der Waals surface area contributed by atoms with Gasteiger partial charge in [-0.2, -0.15) is 0 Å². The quantitative estimate of drug-likeness (QED) is 0.824. The lowest BCUT2D eigenvalue weighted by molar-refractivity contribution is 0.142. The van der Waals surface area contributed by atoms with Crippen LogP contribution in [-0.2, 0) is 0 Å². The van der Waals surface area contributed by atoms with Crippen LogP contribution >= 0.6 is 24.0 Å². The van der Waals surface area contributed by atoms with Crippen LogP contribution in [0.15, 0.2) is 24.3 Å². The normalized spacial score (nSPS) is 15.8. The summed E-state index contributed by atoms with van der Waals surface area (Å²) in [6.45, 7) is 1.84. The molecule has 13 heavy (non-hydrogen) atoms. The molecule has 1 aromatic carbocycles. The third-order valence-electron chi connectivity index (χ3n) is 1.87. The topological polar surface area (TPSA) is 21.3 Å². The molecule has 0 spiro atoms. The predicted molar refractivity (Wildman–Crippen MR) is 56.0 cm³/mol. The van der Waals surface area contributed by atoms with Gasteiger partial charge in [0.1, 0.15) is 11.9 Å². The third kappa shape index (κ3) is 2.50. The zero-order valence-electron chi connectivity index (χ0n) is 7.00. The molecule has 1 saturated heterocycles. The molecule has 0 aliphatic carbocycles. The monoisotopic (exact) mass is 219 g/mol. The van der Waals surface area contributed by atoms with Crippen LogP contribution in [0.3, 0.4) is 0 Å². The van der Waals surface area contributed by atoms with Crippen LogP contribution in [0.4, 0.5) is 0 Å². The minimum absolute atomic E-state index is 0. The van der Waals surface area contributed by atoms with E-state index in [4.69, 9.17) is 16.3 Å². The van der Waals surface area contributed by atoms with E-state index in [1.165, 1.54) is 0 Å². The summed E-state index contributed by atoms with van der Waals surface area (Å²) < 4.78 is 5.59. The molecule has 1 fully saturated rings. The standard InChI is InChI=1S/C9H10ClNO.ClH/c10-8-3-1-2-4-9(8)12-7-5-11-6-7;/h1-4,7,11H,5-6H2;1H. The Balaban J connectivity index is 0.000000845. The van der Waals surface area contributed by atoms with Crippen molar-refractivity contribution >= 4 is 24.0 Å². The number of hydrogen-bond acceptors (Lipinski definition) is 2. The van der Waals surface area contributed by atoms with E-state index in [-0.39, 0.29) is 12.4 Å². The molecule has 0 amide bonds. The molecule has 2 rings (SSSR count). The Morgan fingerprint density at radius 1 is 1.31 bits per heavy atom. The molecule has 72 valence electrons. The van der Waals surface area contributed by atoms with E-state index in [2.05, 4.69) is 5.32 Å². The van der Waals surface area contributed by atoms with Gasteiger partial charge in [0.05, 0.1) is 5.02 Å². The summed E-state index contributed by atoms with van der Waals surface area (Å²) >= 11 is 5.90. The van der Waals surface area contributed by atoms with Crippen molar-refractivity contribution in [1.29, 1.82) is 0 Å². The van der Waals surface area contributed by atoms with Gasteiger partial charge in [-0.3, -0.25) is 0 Å². The summed E-state index contributed by atoms with van der Waals surface area (Å²) in [5.41, 5.74) is 0. The van der Waals surface area contributed by atoms with Crippen molar-refractivity contribution < 1.29 is 4.74 Å². The van der Waals surface area contributed by atoms with Crippen molar-refractivity contribution in [2.45, 2.75) is 6.10 Å². The van der Waals surface area contributed by atoms with Gasteiger partial charge in [-0.25, -0.2) is 0 Å². The van der Waals surface area contributed by atoms with Crippen molar-refractivity contribution in [3.63, 3.8) is 0 Å². The maximum atomic E-state index is 5.90. The Kier molecular flexibility index (Phi) is 3.85. The fourth-order valence-corrected chi connectivity index (χ4v) is 1.25. The van der Waals surface area contributed by atoms with E-state index in [0.717, 1.165) is 18.8 Å². The number of ether oxygens (including phenoxy) is 1. The fourth-order valence-electron chi connectivity index (χ4n) is 1.07. The molecular weight excluding hydrogens is 209 g/mol. The number of rotatable bonds is 2. The summed E-state index contributed by atoms with van der Waals surface area (Å²) in [6.07, 6.45) is 0.296. The van der Waals surface area contributed by atoms with Crippen LogP contribution in [0.1, 0.15) is 0 Å². The highest BCUT2D eigenvalue weighted by atomic mass is 35.5. The van der Waals surface area contributed by atoms with Gasteiger partial charge in [0.15, 0.2) is 0 Å². The van der Waals surface area contributed by atoms with E-state index >= 15 is 0 Å². The Hall–Kier alpha value is -0.440. The Bertz CT molecular complexity index is 276. The van der Waals surface area contributed by atoms with E-state index in [1.54, 1.807) is 0 Å². The van der Waals surface area contributed by atoms with Gasteiger partial charge in [-0.05, 0) is 12.1 Å². The predicted octanol–water partition coefficient (Wildman–Crippen LogP) is 2.11. The summed E-state index contributed by atoms with van der Waals surface area (Å²) in [5, 5.41) is 3.82. The number of benzene rings is 1. The zero-order chi connectivity index (χ0) is 8.39. The van der Waals surface area contributed by atoms with Crippen molar-refractivity contribution in [1.82, 2.24) is 5.32 Å². The van der Waals surface area contributed by atoms with Gasteiger partial charge in [0, 0.05) is 13.1 Å². The third-order valence-corrected chi connectivity index (χ3v) is 2.19. The largest absolute Gasteiger partial charge is 0.486 e. The molecule has 0 radical (unpaired) electrons. The molecule has 0 aromatic heterocycles. The van der Waals surface area contributed by atoms with Gasteiger partial charge in [-0.1, -0.05) is 23.7 Å². The Labute approximate surface area is 88.6 Å². The first-order valence-electron chi connectivity index (χ1n) is 3.98. The van der Waals surface area contributed by atoms with Crippen LogP contribution in [0.2, 0.25) is 5.02 Å². The molecule has 4 heteroatoms. The lowest BCUT2D eigenvalue weighted by Gasteiger charge is -2.28. The molecule has 1 heterocycles. The van der Waals surface area contributed by atoms with Gasteiger partial charge >= 0.3 is 0 Å². The highest BCUT2D eigenvalue weighted by molar-refractivity contribution is 6.32. The highest BCUT2D eigenvalue weighted by Crippen LogP contribution is 2.24. The number of halogens is 2.